The van der Waals surface area contributed by atoms with Crippen LogP contribution in [0.25, 0.3) is 0 Å². The Bertz CT molecular complexity index is 987. The first-order chi connectivity index (χ1) is 14.7. The van der Waals surface area contributed by atoms with Crippen molar-refractivity contribution in [3.8, 4) is 0 Å². The molecule has 1 saturated heterocycles. The van der Waals surface area contributed by atoms with Crippen LogP contribution in [0.5, 0.6) is 0 Å². The molecule has 0 aromatic heterocycles. The van der Waals surface area contributed by atoms with Gasteiger partial charge in [-0.1, -0.05) is 38.4 Å². The Hall–Kier alpha value is -2.03. The lowest BCUT2D eigenvalue weighted by molar-refractivity contribution is -0.196. The molecular formula is C23H29ClNO6Si. The third-order valence-corrected chi connectivity index (χ3v) is 7.92. The molecule has 1 aliphatic heterocycles. The number of likely N-dealkylation sites (tertiary alicyclic amines) is 1. The zero-order valence-electron chi connectivity index (χ0n) is 19.2. The summed E-state index contributed by atoms with van der Waals surface area (Å²) in [5.74, 6) is -5.40. The van der Waals surface area contributed by atoms with Gasteiger partial charge in [0.15, 0.2) is 5.78 Å². The number of imide groups is 1. The summed E-state index contributed by atoms with van der Waals surface area (Å²) in [4.78, 5) is 51.5. The van der Waals surface area contributed by atoms with Gasteiger partial charge >= 0.3 is 11.9 Å². The van der Waals surface area contributed by atoms with Crippen molar-refractivity contribution in [2.24, 2.45) is 17.3 Å². The molecule has 4 atom stereocenters. The number of carbonyl (C=O) groups is 4. The monoisotopic (exact) mass is 478 g/mol. The Morgan fingerprint density at radius 3 is 2.34 bits per heavy atom. The quantitative estimate of drug-likeness (QED) is 0.403. The van der Waals surface area contributed by atoms with E-state index in [1.807, 2.05) is 40.8 Å². The number of carbonyl (C=O) groups excluding carboxylic acids is 3. The van der Waals surface area contributed by atoms with E-state index in [-0.39, 0.29) is 5.78 Å². The minimum absolute atomic E-state index is 0.228. The Morgan fingerprint density at radius 1 is 1.19 bits per heavy atom. The summed E-state index contributed by atoms with van der Waals surface area (Å²) in [5.41, 5.74) is -0.179. The van der Waals surface area contributed by atoms with Crippen molar-refractivity contribution in [2.75, 3.05) is 0 Å². The normalized spacial score (nSPS) is 25.2. The smallest absolute Gasteiger partial charge is 0.395 e. The fourth-order valence-corrected chi connectivity index (χ4v) is 6.35. The topological polar surface area (TPSA) is 101 Å². The second kappa shape index (κ2) is 8.39. The third-order valence-electron chi connectivity index (χ3n) is 6.85. The van der Waals surface area contributed by atoms with Crippen LogP contribution in [0, 0.1) is 17.3 Å². The number of benzene rings is 1. The van der Waals surface area contributed by atoms with Crippen LogP contribution in [0.15, 0.2) is 18.2 Å². The first-order valence-corrected chi connectivity index (χ1v) is 13.4. The van der Waals surface area contributed by atoms with Crippen molar-refractivity contribution in [1.82, 2.24) is 4.90 Å². The molecule has 0 saturated carbocycles. The van der Waals surface area contributed by atoms with Gasteiger partial charge in [-0.05, 0) is 56.0 Å². The SMILES string of the molecule is C[Si](C)O[C@](C)([C@H]1C(=O)N(C(=O)C(=O)O)[C@@H]1[C@@H]1CCc2ccc(Cl)cc2C1=O)C(C)(C)C. The number of aryl methyl sites for hydroxylation is 1. The molecule has 3 rings (SSSR count). The minimum atomic E-state index is -1.72. The van der Waals surface area contributed by atoms with E-state index in [4.69, 9.17) is 16.0 Å². The number of amides is 2. The maximum absolute atomic E-state index is 13.5. The lowest BCUT2D eigenvalue weighted by Gasteiger charge is -2.59. The van der Waals surface area contributed by atoms with Crippen LogP contribution in [0.1, 0.15) is 50.0 Å². The van der Waals surface area contributed by atoms with Gasteiger partial charge in [0.25, 0.3) is 0 Å². The molecule has 0 bridgehead atoms. The van der Waals surface area contributed by atoms with Gasteiger partial charge in [0, 0.05) is 16.5 Å². The van der Waals surface area contributed by atoms with E-state index in [2.05, 4.69) is 0 Å². The molecule has 7 nitrogen and oxygen atoms in total. The standard InChI is InChI=1S/C23H29ClNO6Si/c1-22(2,3)23(4,31-32(5)6)16-17(25(19(16)27)20(28)21(29)30)14-10-8-12-7-9-13(24)11-15(12)18(14)26/h7,9,11,14,16-17H,8,10H2,1-6H3,(H,29,30)/t14-,16+,17+,23+/m0/s1. The molecule has 1 radical (unpaired) electrons. The van der Waals surface area contributed by atoms with E-state index in [0.717, 1.165) is 10.5 Å². The molecule has 9 heteroatoms. The van der Waals surface area contributed by atoms with Crippen LogP contribution < -0.4 is 0 Å². The van der Waals surface area contributed by atoms with Crippen LogP contribution in [0.2, 0.25) is 18.1 Å². The van der Waals surface area contributed by atoms with Crippen LogP contribution in [0.3, 0.4) is 0 Å². The van der Waals surface area contributed by atoms with Gasteiger partial charge in [-0.25, -0.2) is 4.79 Å². The molecule has 32 heavy (non-hydrogen) atoms. The maximum atomic E-state index is 13.5. The van der Waals surface area contributed by atoms with Gasteiger partial charge in [0.05, 0.1) is 17.6 Å². The molecular weight excluding hydrogens is 450 g/mol. The predicted octanol–water partition coefficient (Wildman–Crippen LogP) is 3.60. The van der Waals surface area contributed by atoms with Gasteiger partial charge in [-0.2, -0.15) is 0 Å². The Balaban J connectivity index is 2.11. The lowest BCUT2D eigenvalue weighted by atomic mass is 9.59. The highest BCUT2D eigenvalue weighted by atomic mass is 35.5. The highest BCUT2D eigenvalue weighted by molar-refractivity contribution is 6.48. The summed E-state index contributed by atoms with van der Waals surface area (Å²) < 4.78 is 6.37. The summed E-state index contributed by atoms with van der Waals surface area (Å²) in [5, 5.41) is 9.75. The molecule has 0 spiro atoms. The van der Waals surface area contributed by atoms with Crippen molar-refractivity contribution in [3.63, 3.8) is 0 Å². The molecule has 1 aliphatic carbocycles. The second-order valence-electron chi connectivity index (χ2n) is 9.97. The van der Waals surface area contributed by atoms with Crippen molar-refractivity contribution >= 4 is 44.2 Å². The molecule has 2 aliphatic rings. The number of β-lactam (4-membered cyclic amide) rings is 1. The zero-order valence-corrected chi connectivity index (χ0v) is 20.9. The highest BCUT2D eigenvalue weighted by Gasteiger charge is 2.66. The van der Waals surface area contributed by atoms with E-state index < -0.39 is 55.7 Å². The molecule has 173 valence electrons. The summed E-state index contributed by atoms with van der Waals surface area (Å²) in [7, 11) is -1.27. The highest BCUT2D eigenvalue weighted by Crippen LogP contribution is 2.51. The number of aliphatic carboxylic acids is 1. The average Bonchev–Trinajstić information content (AvgIpc) is 2.65. The van der Waals surface area contributed by atoms with E-state index in [0.29, 0.717) is 23.4 Å². The van der Waals surface area contributed by atoms with Gasteiger partial charge in [-0.3, -0.25) is 19.3 Å². The molecule has 1 N–H and O–H groups in total. The van der Waals surface area contributed by atoms with Gasteiger partial charge in [0.1, 0.15) is 0 Å². The number of Topliss-reactive ketones (excluding diaryl/α,β-unsaturated/α-hetero) is 1. The largest absolute Gasteiger partial charge is 0.474 e. The van der Waals surface area contributed by atoms with E-state index in [9.17, 15) is 24.3 Å². The molecule has 0 unspecified atom stereocenters. The number of fused-ring (bicyclic) bond motifs is 1. The van der Waals surface area contributed by atoms with Crippen LogP contribution in [0.4, 0.5) is 0 Å². The fraction of sp³-hybridized carbons (Fsp3) is 0.565. The molecule has 2 amide bonds. The van der Waals surface area contributed by atoms with Crippen molar-refractivity contribution in [3.05, 3.63) is 34.3 Å². The average molecular weight is 479 g/mol. The van der Waals surface area contributed by atoms with E-state index in [1.54, 1.807) is 18.2 Å². The van der Waals surface area contributed by atoms with E-state index in [1.165, 1.54) is 0 Å². The van der Waals surface area contributed by atoms with Gasteiger partial charge in [0.2, 0.25) is 14.9 Å². The molecule has 1 aromatic rings. The first-order valence-electron chi connectivity index (χ1n) is 10.6. The molecule has 1 aromatic carbocycles. The number of halogens is 1. The maximum Gasteiger partial charge on any atom is 0.395 e. The number of carboxylic acids is 1. The summed E-state index contributed by atoms with van der Waals surface area (Å²) >= 11 is 6.11. The second-order valence-corrected chi connectivity index (χ2v) is 12.4. The molecule has 1 fully saturated rings. The number of ketones is 1. The van der Waals surface area contributed by atoms with Crippen molar-refractivity contribution < 1.29 is 28.7 Å². The number of hydrogen-bond donors (Lipinski definition) is 1. The summed E-state index contributed by atoms with van der Waals surface area (Å²) in [6.07, 6.45) is 0.973. The molecule has 1 heterocycles. The van der Waals surface area contributed by atoms with E-state index >= 15 is 0 Å². The summed E-state index contributed by atoms with van der Waals surface area (Å²) in [6.45, 7) is 11.6. The Labute approximate surface area is 194 Å². The predicted molar refractivity (Wildman–Crippen MR) is 121 cm³/mol. The Morgan fingerprint density at radius 2 is 1.81 bits per heavy atom. The lowest BCUT2D eigenvalue weighted by Crippen LogP contribution is -2.76. The number of carboxylic acid groups (broad SMARTS) is 1. The summed E-state index contributed by atoms with van der Waals surface area (Å²) in [6, 6.07) is 4.24. The number of nitrogens with zero attached hydrogens (tertiary/aromatic N) is 1. The van der Waals surface area contributed by atoms with Gasteiger partial charge in [-0.15, -0.1) is 0 Å². The van der Waals surface area contributed by atoms with Crippen molar-refractivity contribution in [1.29, 1.82) is 0 Å². The minimum Gasteiger partial charge on any atom is -0.474 e. The van der Waals surface area contributed by atoms with Crippen LogP contribution >= 0.6 is 11.6 Å². The van der Waals surface area contributed by atoms with Gasteiger partial charge < -0.3 is 9.53 Å². The Kier molecular flexibility index (Phi) is 6.45. The fourth-order valence-electron chi connectivity index (χ4n) is 4.89. The van der Waals surface area contributed by atoms with Crippen LogP contribution in [-0.2, 0) is 25.2 Å². The number of rotatable bonds is 4. The van der Waals surface area contributed by atoms with Crippen LogP contribution in [-0.4, -0.2) is 54.3 Å². The first kappa shape index (κ1) is 24.6. The number of hydrogen-bond acceptors (Lipinski definition) is 5. The zero-order chi connectivity index (χ0) is 24.2. The third kappa shape index (κ3) is 3.93. The van der Waals surface area contributed by atoms with Crippen molar-refractivity contribution in [2.45, 2.75) is 65.3 Å².